The van der Waals surface area contributed by atoms with E-state index in [-0.39, 0.29) is 0 Å². The molecule has 0 N–H and O–H groups in total. The largest absolute Gasteiger partial charge is 0.464 e. The van der Waals surface area contributed by atoms with Crippen molar-refractivity contribution in [1.29, 1.82) is 0 Å². The number of imidazole rings is 1. The molecule has 1 aromatic carbocycles. The van der Waals surface area contributed by atoms with Gasteiger partial charge in [0.1, 0.15) is 0 Å². The predicted octanol–water partition coefficient (Wildman–Crippen LogP) is 1.92. The number of rotatable bonds is 5. The van der Waals surface area contributed by atoms with Gasteiger partial charge in [0.25, 0.3) is 0 Å². The van der Waals surface area contributed by atoms with Crippen LogP contribution in [0.1, 0.15) is 21.7 Å². The summed E-state index contributed by atoms with van der Waals surface area (Å²) < 4.78 is 12.1. The van der Waals surface area contributed by atoms with E-state index in [1.807, 2.05) is 37.4 Å². The first-order valence-corrected chi connectivity index (χ1v) is 5.92. The Hall–Kier alpha value is -2.14. The number of aromatic nitrogens is 2. The quantitative estimate of drug-likeness (QED) is 0.771. The first-order valence-electron chi connectivity index (χ1n) is 5.92. The SMILES string of the molecule is COC(=O)c1ncn(C)c1COCc1ccccc1. The molecule has 19 heavy (non-hydrogen) atoms. The fourth-order valence-corrected chi connectivity index (χ4v) is 1.73. The van der Waals surface area contributed by atoms with Gasteiger partial charge in [-0.25, -0.2) is 9.78 Å². The molecule has 100 valence electrons. The topological polar surface area (TPSA) is 53.3 Å². The van der Waals surface area contributed by atoms with Crippen LogP contribution in [0.2, 0.25) is 0 Å². The van der Waals surface area contributed by atoms with Crippen molar-refractivity contribution in [3.63, 3.8) is 0 Å². The van der Waals surface area contributed by atoms with Gasteiger partial charge >= 0.3 is 5.97 Å². The van der Waals surface area contributed by atoms with Gasteiger partial charge in [-0.3, -0.25) is 0 Å². The Morgan fingerprint density at radius 1 is 1.26 bits per heavy atom. The Morgan fingerprint density at radius 2 is 2.00 bits per heavy atom. The van der Waals surface area contributed by atoms with Gasteiger partial charge in [0.05, 0.1) is 32.3 Å². The maximum absolute atomic E-state index is 11.5. The Balaban J connectivity index is 2.00. The Morgan fingerprint density at radius 3 is 2.68 bits per heavy atom. The van der Waals surface area contributed by atoms with E-state index >= 15 is 0 Å². The van der Waals surface area contributed by atoms with Crippen molar-refractivity contribution in [2.24, 2.45) is 7.05 Å². The van der Waals surface area contributed by atoms with E-state index in [4.69, 9.17) is 4.74 Å². The van der Waals surface area contributed by atoms with Crippen LogP contribution in [0.3, 0.4) is 0 Å². The van der Waals surface area contributed by atoms with Crippen LogP contribution in [0.5, 0.6) is 0 Å². The number of methoxy groups -OCH3 is 1. The molecule has 0 aliphatic heterocycles. The average molecular weight is 260 g/mol. The summed E-state index contributed by atoms with van der Waals surface area (Å²) in [6.07, 6.45) is 1.58. The zero-order valence-electron chi connectivity index (χ0n) is 11.0. The molecule has 2 rings (SSSR count). The van der Waals surface area contributed by atoms with Crippen LogP contribution in [0.4, 0.5) is 0 Å². The molecular weight excluding hydrogens is 244 g/mol. The normalized spacial score (nSPS) is 10.4. The average Bonchev–Trinajstić information content (AvgIpc) is 2.81. The Bertz CT molecular complexity index is 549. The van der Waals surface area contributed by atoms with E-state index in [9.17, 15) is 4.79 Å². The number of benzene rings is 1. The number of aryl methyl sites for hydroxylation is 1. The Kier molecular flexibility index (Phi) is 4.30. The van der Waals surface area contributed by atoms with Crippen LogP contribution in [0.25, 0.3) is 0 Å². The van der Waals surface area contributed by atoms with Gasteiger partial charge in [-0.1, -0.05) is 30.3 Å². The molecular formula is C14H16N2O3. The van der Waals surface area contributed by atoms with Crippen molar-refractivity contribution in [1.82, 2.24) is 9.55 Å². The highest BCUT2D eigenvalue weighted by Crippen LogP contribution is 2.11. The zero-order chi connectivity index (χ0) is 13.7. The monoisotopic (exact) mass is 260 g/mol. The standard InChI is InChI=1S/C14H16N2O3/c1-16-10-15-13(14(17)18-2)12(16)9-19-8-11-6-4-3-5-7-11/h3-7,10H,8-9H2,1-2H3. The highest BCUT2D eigenvalue weighted by molar-refractivity contribution is 5.88. The maximum atomic E-state index is 11.5. The molecule has 0 amide bonds. The molecule has 0 bridgehead atoms. The third-order valence-electron chi connectivity index (χ3n) is 2.79. The molecule has 0 atom stereocenters. The third kappa shape index (κ3) is 3.20. The first kappa shape index (κ1) is 13.3. The second-order valence-electron chi connectivity index (χ2n) is 4.12. The Labute approximate surface area is 111 Å². The number of carbonyl (C=O) groups is 1. The number of hydrogen-bond acceptors (Lipinski definition) is 4. The second kappa shape index (κ2) is 6.15. The van der Waals surface area contributed by atoms with Crippen molar-refractivity contribution >= 4 is 5.97 Å². The summed E-state index contributed by atoms with van der Waals surface area (Å²) in [5.74, 6) is -0.445. The molecule has 5 nitrogen and oxygen atoms in total. The van der Waals surface area contributed by atoms with Crippen molar-refractivity contribution in [3.8, 4) is 0 Å². The van der Waals surface area contributed by atoms with Crippen molar-refractivity contribution < 1.29 is 14.3 Å². The third-order valence-corrected chi connectivity index (χ3v) is 2.79. The van der Waals surface area contributed by atoms with Crippen molar-refractivity contribution in [3.05, 3.63) is 53.6 Å². The van der Waals surface area contributed by atoms with Crippen LogP contribution in [-0.4, -0.2) is 22.6 Å². The molecule has 1 aromatic heterocycles. The van der Waals surface area contributed by atoms with Crippen LogP contribution in [0, 0.1) is 0 Å². The van der Waals surface area contributed by atoms with Crippen LogP contribution >= 0.6 is 0 Å². The lowest BCUT2D eigenvalue weighted by molar-refractivity contribution is 0.0581. The van der Waals surface area contributed by atoms with Gasteiger partial charge in [0, 0.05) is 7.05 Å². The fraction of sp³-hybridized carbons (Fsp3) is 0.286. The number of carbonyl (C=O) groups excluding carboxylic acids is 1. The summed E-state index contributed by atoms with van der Waals surface area (Å²) in [5.41, 5.74) is 2.10. The molecule has 0 aliphatic rings. The van der Waals surface area contributed by atoms with Gasteiger partial charge in [-0.2, -0.15) is 0 Å². The summed E-state index contributed by atoms with van der Waals surface area (Å²) in [6.45, 7) is 0.808. The lowest BCUT2D eigenvalue weighted by Gasteiger charge is -2.07. The van der Waals surface area contributed by atoms with E-state index in [0.717, 1.165) is 5.56 Å². The van der Waals surface area contributed by atoms with Gasteiger partial charge in [0.2, 0.25) is 0 Å². The minimum absolute atomic E-state index is 0.304. The molecule has 1 heterocycles. The van der Waals surface area contributed by atoms with Gasteiger partial charge in [-0.05, 0) is 5.56 Å². The van der Waals surface area contributed by atoms with Gasteiger partial charge in [0.15, 0.2) is 5.69 Å². The second-order valence-corrected chi connectivity index (χ2v) is 4.12. The number of hydrogen-bond donors (Lipinski definition) is 0. The highest BCUT2D eigenvalue weighted by atomic mass is 16.5. The van der Waals surface area contributed by atoms with Crippen molar-refractivity contribution in [2.75, 3.05) is 7.11 Å². The van der Waals surface area contributed by atoms with Gasteiger partial charge in [-0.15, -0.1) is 0 Å². The van der Waals surface area contributed by atoms with E-state index < -0.39 is 5.97 Å². The summed E-state index contributed by atoms with van der Waals surface area (Å²) >= 11 is 0. The molecule has 0 saturated heterocycles. The van der Waals surface area contributed by atoms with Crippen LogP contribution in [0.15, 0.2) is 36.7 Å². The van der Waals surface area contributed by atoms with E-state index in [1.54, 1.807) is 10.9 Å². The summed E-state index contributed by atoms with van der Waals surface area (Å²) in [6, 6.07) is 9.86. The van der Waals surface area contributed by atoms with E-state index in [0.29, 0.717) is 24.6 Å². The van der Waals surface area contributed by atoms with Crippen LogP contribution < -0.4 is 0 Å². The highest BCUT2D eigenvalue weighted by Gasteiger charge is 2.17. The molecule has 0 unspecified atom stereocenters. The number of ether oxygens (including phenoxy) is 2. The van der Waals surface area contributed by atoms with Gasteiger partial charge < -0.3 is 14.0 Å². The van der Waals surface area contributed by atoms with E-state index in [2.05, 4.69) is 9.72 Å². The summed E-state index contributed by atoms with van der Waals surface area (Å²) in [5, 5.41) is 0. The smallest absolute Gasteiger partial charge is 0.358 e. The molecule has 0 radical (unpaired) electrons. The minimum atomic E-state index is -0.445. The molecule has 2 aromatic rings. The molecule has 5 heteroatoms. The van der Waals surface area contributed by atoms with E-state index in [1.165, 1.54) is 7.11 Å². The fourth-order valence-electron chi connectivity index (χ4n) is 1.73. The molecule has 0 saturated carbocycles. The van der Waals surface area contributed by atoms with Crippen molar-refractivity contribution in [2.45, 2.75) is 13.2 Å². The molecule has 0 spiro atoms. The number of esters is 1. The minimum Gasteiger partial charge on any atom is -0.464 e. The summed E-state index contributed by atoms with van der Waals surface area (Å²) in [4.78, 5) is 15.5. The molecule has 0 aliphatic carbocycles. The number of nitrogens with zero attached hydrogens (tertiary/aromatic N) is 2. The lowest BCUT2D eigenvalue weighted by atomic mass is 10.2. The van der Waals surface area contributed by atoms with Crippen LogP contribution in [-0.2, 0) is 29.7 Å². The zero-order valence-corrected chi connectivity index (χ0v) is 11.0. The predicted molar refractivity (Wildman–Crippen MR) is 69.5 cm³/mol. The maximum Gasteiger partial charge on any atom is 0.358 e. The summed E-state index contributed by atoms with van der Waals surface area (Å²) in [7, 11) is 3.16. The molecule has 0 fully saturated rings. The first-order chi connectivity index (χ1) is 9.22. The lowest BCUT2D eigenvalue weighted by Crippen LogP contribution is -2.09.